The van der Waals surface area contributed by atoms with Gasteiger partial charge in [-0.05, 0) is 36.8 Å². The molecule has 0 aliphatic carbocycles. The molecule has 0 saturated heterocycles. The first-order chi connectivity index (χ1) is 12.3. The number of nitrogens with zero attached hydrogens (tertiary/aromatic N) is 2. The van der Waals surface area contributed by atoms with Crippen LogP contribution in [0.25, 0.3) is 0 Å². The van der Waals surface area contributed by atoms with E-state index in [4.69, 9.17) is 0 Å². The number of sulfonamides is 1. The molecule has 1 amide bonds. The van der Waals surface area contributed by atoms with Crippen LogP contribution in [0.1, 0.15) is 11.1 Å². The average Bonchev–Trinajstić information content (AvgIpc) is 2.61. The standard InChI is InChI=1S/C18H22N4O3S/c1-14-4-10-17(11-5-14)26(24,25)20-13-18(23)21-19-12-15-6-8-16(9-7-15)22(2)3/h4-12,20H,13H2,1-3H3,(H,21,23). The minimum absolute atomic E-state index is 0.111. The summed E-state index contributed by atoms with van der Waals surface area (Å²) in [4.78, 5) is 13.8. The van der Waals surface area contributed by atoms with Crippen molar-refractivity contribution in [1.82, 2.24) is 10.1 Å². The number of aryl methyl sites for hydroxylation is 1. The predicted octanol–water partition coefficient (Wildman–Crippen LogP) is 1.49. The Kier molecular flexibility index (Phi) is 6.48. The minimum Gasteiger partial charge on any atom is -0.378 e. The maximum Gasteiger partial charge on any atom is 0.255 e. The minimum atomic E-state index is -3.73. The molecule has 2 aromatic rings. The van der Waals surface area contributed by atoms with E-state index in [2.05, 4.69) is 15.2 Å². The van der Waals surface area contributed by atoms with Gasteiger partial charge in [0.2, 0.25) is 10.0 Å². The number of anilines is 1. The van der Waals surface area contributed by atoms with E-state index >= 15 is 0 Å². The highest BCUT2D eigenvalue weighted by molar-refractivity contribution is 7.89. The molecule has 0 radical (unpaired) electrons. The molecule has 0 aliphatic heterocycles. The molecule has 0 fully saturated rings. The Labute approximate surface area is 153 Å². The highest BCUT2D eigenvalue weighted by atomic mass is 32.2. The second-order valence-electron chi connectivity index (χ2n) is 5.92. The Hall–Kier alpha value is -2.71. The summed E-state index contributed by atoms with van der Waals surface area (Å²) in [5.74, 6) is -0.554. The summed E-state index contributed by atoms with van der Waals surface area (Å²) >= 11 is 0. The van der Waals surface area contributed by atoms with E-state index in [1.165, 1.54) is 18.3 Å². The summed E-state index contributed by atoms with van der Waals surface area (Å²) in [6, 6.07) is 14.0. The van der Waals surface area contributed by atoms with Gasteiger partial charge in [0.15, 0.2) is 0 Å². The molecule has 2 aromatic carbocycles. The summed E-state index contributed by atoms with van der Waals surface area (Å²) in [5, 5.41) is 3.83. The maximum absolute atomic E-state index is 12.1. The normalized spacial score (nSPS) is 11.5. The average molecular weight is 374 g/mol. The number of hydrogen-bond donors (Lipinski definition) is 2. The number of carbonyl (C=O) groups is 1. The largest absolute Gasteiger partial charge is 0.378 e. The smallest absolute Gasteiger partial charge is 0.255 e. The zero-order valence-corrected chi connectivity index (χ0v) is 15.7. The molecular formula is C18H22N4O3S. The van der Waals surface area contributed by atoms with Crippen molar-refractivity contribution in [1.29, 1.82) is 0 Å². The van der Waals surface area contributed by atoms with Crippen molar-refractivity contribution in [2.24, 2.45) is 5.10 Å². The van der Waals surface area contributed by atoms with Crippen molar-refractivity contribution in [2.75, 3.05) is 25.5 Å². The lowest BCUT2D eigenvalue weighted by Gasteiger charge is -2.11. The molecule has 0 saturated carbocycles. The number of benzene rings is 2. The van der Waals surface area contributed by atoms with E-state index in [1.807, 2.05) is 50.2 Å². The number of rotatable bonds is 7. The quantitative estimate of drug-likeness (QED) is 0.567. The Morgan fingerprint density at radius 1 is 1.08 bits per heavy atom. The van der Waals surface area contributed by atoms with E-state index in [0.29, 0.717) is 0 Å². The first kappa shape index (κ1) is 19.6. The number of carbonyl (C=O) groups excluding carboxylic acids is 1. The molecule has 26 heavy (non-hydrogen) atoms. The van der Waals surface area contributed by atoms with Gasteiger partial charge in [-0.3, -0.25) is 4.79 Å². The molecule has 0 aromatic heterocycles. The molecule has 138 valence electrons. The first-order valence-electron chi connectivity index (χ1n) is 7.93. The van der Waals surface area contributed by atoms with Gasteiger partial charge in [-0.25, -0.2) is 18.6 Å². The molecule has 0 aliphatic rings. The van der Waals surface area contributed by atoms with Crippen molar-refractivity contribution in [3.8, 4) is 0 Å². The predicted molar refractivity (Wildman–Crippen MR) is 103 cm³/mol. The molecule has 0 atom stereocenters. The van der Waals surface area contributed by atoms with E-state index in [0.717, 1.165) is 16.8 Å². The molecule has 8 heteroatoms. The second-order valence-corrected chi connectivity index (χ2v) is 7.68. The summed E-state index contributed by atoms with van der Waals surface area (Å²) in [6.45, 7) is 1.47. The topological polar surface area (TPSA) is 90.9 Å². The molecule has 7 nitrogen and oxygen atoms in total. The zero-order valence-electron chi connectivity index (χ0n) is 14.9. The van der Waals surface area contributed by atoms with Crippen molar-refractivity contribution in [3.63, 3.8) is 0 Å². The number of hydrazone groups is 1. The molecular weight excluding hydrogens is 352 g/mol. The third-order valence-corrected chi connectivity index (χ3v) is 4.98. The molecule has 0 unspecified atom stereocenters. The van der Waals surface area contributed by atoms with E-state index in [9.17, 15) is 13.2 Å². The van der Waals surface area contributed by atoms with Gasteiger partial charge in [0, 0.05) is 19.8 Å². The van der Waals surface area contributed by atoms with Gasteiger partial charge in [-0.2, -0.15) is 5.10 Å². The van der Waals surface area contributed by atoms with Crippen LogP contribution < -0.4 is 15.0 Å². The van der Waals surface area contributed by atoms with Gasteiger partial charge in [-0.15, -0.1) is 0 Å². The lowest BCUT2D eigenvalue weighted by Crippen LogP contribution is -2.34. The van der Waals surface area contributed by atoms with Crippen LogP contribution >= 0.6 is 0 Å². The Morgan fingerprint density at radius 3 is 2.27 bits per heavy atom. The van der Waals surface area contributed by atoms with Crippen LogP contribution in [-0.2, 0) is 14.8 Å². The van der Waals surface area contributed by atoms with Crippen molar-refractivity contribution in [3.05, 3.63) is 59.7 Å². The second kappa shape index (κ2) is 8.59. The van der Waals surface area contributed by atoms with Crippen LogP contribution in [0, 0.1) is 6.92 Å². The number of nitrogens with one attached hydrogen (secondary N) is 2. The van der Waals surface area contributed by atoms with Crippen LogP contribution in [0.2, 0.25) is 0 Å². The molecule has 2 N–H and O–H groups in total. The fourth-order valence-corrected chi connectivity index (χ4v) is 3.02. The van der Waals surface area contributed by atoms with E-state index in [1.54, 1.807) is 12.1 Å². The van der Waals surface area contributed by atoms with Crippen molar-refractivity contribution in [2.45, 2.75) is 11.8 Å². The van der Waals surface area contributed by atoms with Gasteiger partial charge in [-0.1, -0.05) is 29.8 Å². The summed E-state index contributed by atoms with van der Waals surface area (Å²) < 4.78 is 26.4. The van der Waals surface area contributed by atoms with Gasteiger partial charge in [0.1, 0.15) is 0 Å². The highest BCUT2D eigenvalue weighted by Crippen LogP contribution is 2.11. The molecule has 0 bridgehead atoms. The van der Waals surface area contributed by atoms with Gasteiger partial charge in [0.25, 0.3) is 5.91 Å². The highest BCUT2D eigenvalue weighted by Gasteiger charge is 2.14. The first-order valence-corrected chi connectivity index (χ1v) is 9.42. The zero-order chi connectivity index (χ0) is 19.2. The monoisotopic (exact) mass is 374 g/mol. The molecule has 0 heterocycles. The fourth-order valence-electron chi connectivity index (χ4n) is 2.04. The van der Waals surface area contributed by atoms with E-state index in [-0.39, 0.29) is 4.90 Å². The Balaban J connectivity index is 1.85. The van der Waals surface area contributed by atoms with Crippen LogP contribution in [0.4, 0.5) is 5.69 Å². The maximum atomic E-state index is 12.1. The summed E-state index contributed by atoms with van der Waals surface area (Å²) in [5.41, 5.74) is 5.12. The Bertz CT molecular complexity index is 874. The Morgan fingerprint density at radius 2 is 1.69 bits per heavy atom. The lowest BCUT2D eigenvalue weighted by atomic mass is 10.2. The number of hydrogen-bond acceptors (Lipinski definition) is 5. The lowest BCUT2D eigenvalue weighted by molar-refractivity contribution is -0.119. The van der Waals surface area contributed by atoms with Crippen LogP contribution in [-0.4, -0.2) is 41.2 Å². The molecule has 2 rings (SSSR count). The third kappa shape index (κ3) is 5.68. The fraction of sp³-hybridized carbons (Fsp3) is 0.222. The van der Waals surface area contributed by atoms with Gasteiger partial charge in [0.05, 0.1) is 17.7 Å². The summed E-state index contributed by atoms with van der Waals surface area (Å²) in [6.07, 6.45) is 1.49. The number of amides is 1. The van der Waals surface area contributed by atoms with Gasteiger partial charge >= 0.3 is 0 Å². The van der Waals surface area contributed by atoms with Crippen LogP contribution in [0.3, 0.4) is 0 Å². The van der Waals surface area contributed by atoms with Crippen molar-refractivity contribution < 1.29 is 13.2 Å². The third-order valence-electron chi connectivity index (χ3n) is 3.57. The van der Waals surface area contributed by atoms with Crippen molar-refractivity contribution >= 4 is 27.8 Å². The summed E-state index contributed by atoms with van der Waals surface area (Å²) in [7, 11) is 0.161. The van der Waals surface area contributed by atoms with Gasteiger partial charge < -0.3 is 4.90 Å². The van der Waals surface area contributed by atoms with Crippen LogP contribution in [0.5, 0.6) is 0 Å². The molecule has 0 spiro atoms. The SMILES string of the molecule is Cc1ccc(S(=O)(=O)NCC(=O)NN=Cc2ccc(N(C)C)cc2)cc1. The van der Waals surface area contributed by atoms with E-state index < -0.39 is 22.5 Å². The van der Waals surface area contributed by atoms with Crippen LogP contribution in [0.15, 0.2) is 58.5 Å².